The maximum absolute atomic E-state index is 13.0. The summed E-state index contributed by atoms with van der Waals surface area (Å²) in [6, 6.07) is 20.4. The Morgan fingerprint density at radius 2 is 1.71 bits per heavy atom. The van der Waals surface area contributed by atoms with Crippen LogP contribution in [0.15, 0.2) is 66.7 Å². The van der Waals surface area contributed by atoms with Crippen molar-refractivity contribution in [3.63, 3.8) is 0 Å². The summed E-state index contributed by atoms with van der Waals surface area (Å²) >= 11 is 6.44. The monoisotopic (exact) mass is 399 g/mol. The van der Waals surface area contributed by atoms with Crippen LogP contribution in [0.25, 0.3) is 0 Å². The molecule has 3 aromatic rings. The molecule has 3 nitrogen and oxygen atoms in total. The number of nitrogens with one attached hydrogen (secondary N) is 1. The summed E-state index contributed by atoms with van der Waals surface area (Å²) in [4.78, 5) is 0. The minimum absolute atomic E-state index is 0.209. The Kier molecular flexibility index (Phi) is 6.90. The largest absolute Gasteiger partial charge is 0.493 e. The van der Waals surface area contributed by atoms with E-state index in [0.717, 1.165) is 11.1 Å². The number of hydrogen-bond acceptors (Lipinski definition) is 3. The molecular weight excluding hydrogens is 377 g/mol. The predicted octanol–water partition coefficient (Wildman–Crippen LogP) is 5.92. The van der Waals surface area contributed by atoms with Gasteiger partial charge in [0.15, 0.2) is 11.5 Å². The first-order valence-corrected chi connectivity index (χ1v) is 9.46. The molecule has 28 heavy (non-hydrogen) atoms. The third kappa shape index (κ3) is 5.24. The van der Waals surface area contributed by atoms with Gasteiger partial charge in [-0.1, -0.05) is 54.1 Å². The smallest absolute Gasteiger partial charge is 0.180 e. The molecule has 0 heterocycles. The summed E-state index contributed by atoms with van der Waals surface area (Å²) in [6.45, 7) is 3.04. The van der Waals surface area contributed by atoms with Gasteiger partial charge in [-0.25, -0.2) is 4.39 Å². The van der Waals surface area contributed by atoms with Crippen LogP contribution >= 0.6 is 11.6 Å². The maximum atomic E-state index is 13.0. The Balaban J connectivity index is 1.67. The molecule has 0 fully saturated rings. The topological polar surface area (TPSA) is 30.5 Å². The Morgan fingerprint density at radius 1 is 1.00 bits per heavy atom. The van der Waals surface area contributed by atoms with Gasteiger partial charge in [-0.15, -0.1) is 0 Å². The molecule has 1 atom stereocenters. The van der Waals surface area contributed by atoms with E-state index in [2.05, 4.69) is 24.4 Å². The maximum Gasteiger partial charge on any atom is 0.180 e. The first-order chi connectivity index (χ1) is 13.6. The number of rotatable bonds is 8. The molecule has 0 spiro atoms. The van der Waals surface area contributed by atoms with Gasteiger partial charge in [0.1, 0.15) is 12.4 Å². The average Bonchev–Trinajstić information content (AvgIpc) is 2.72. The fourth-order valence-corrected chi connectivity index (χ4v) is 3.17. The quantitative estimate of drug-likeness (QED) is 0.510. The van der Waals surface area contributed by atoms with Gasteiger partial charge in [0, 0.05) is 12.6 Å². The second-order valence-electron chi connectivity index (χ2n) is 6.54. The number of benzene rings is 3. The lowest BCUT2D eigenvalue weighted by atomic mass is 10.1. The molecule has 0 saturated carbocycles. The average molecular weight is 400 g/mol. The molecule has 0 aliphatic heterocycles. The molecule has 0 bridgehead atoms. The minimum Gasteiger partial charge on any atom is -0.493 e. The Labute approximate surface area is 170 Å². The molecule has 146 valence electrons. The van der Waals surface area contributed by atoms with Crippen LogP contribution < -0.4 is 14.8 Å². The zero-order chi connectivity index (χ0) is 19.9. The highest BCUT2D eigenvalue weighted by atomic mass is 35.5. The van der Waals surface area contributed by atoms with Crippen molar-refractivity contribution >= 4 is 11.6 Å². The van der Waals surface area contributed by atoms with Crippen LogP contribution in [0.5, 0.6) is 11.5 Å². The molecule has 3 aromatic carbocycles. The van der Waals surface area contributed by atoms with Crippen molar-refractivity contribution in [1.82, 2.24) is 5.32 Å². The van der Waals surface area contributed by atoms with Gasteiger partial charge in [-0.3, -0.25) is 0 Å². The summed E-state index contributed by atoms with van der Waals surface area (Å²) in [5.41, 5.74) is 3.07. The van der Waals surface area contributed by atoms with Gasteiger partial charge >= 0.3 is 0 Å². The van der Waals surface area contributed by atoms with E-state index in [4.69, 9.17) is 21.1 Å². The lowest BCUT2D eigenvalue weighted by molar-refractivity contribution is 0.284. The number of methoxy groups -OCH3 is 1. The minimum atomic E-state index is -0.277. The van der Waals surface area contributed by atoms with Crippen molar-refractivity contribution in [2.24, 2.45) is 0 Å². The second-order valence-corrected chi connectivity index (χ2v) is 6.94. The van der Waals surface area contributed by atoms with Crippen LogP contribution in [0.2, 0.25) is 5.02 Å². The van der Waals surface area contributed by atoms with Crippen LogP contribution in [-0.4, -0.2) is 7.11 Å². The van der Waals surface area contributed by atoms with E-state index in [9.17, 15) is 4.39 Å². The van der Waals surface area contributed by atoms with Crippen molar-refractivity contribution in [2.45, 2.75) is 26.1 Å². The highest BCUT2D eigenvalue weighted by molar-refractivity contribution is 6.32. The first kappa shape index (κ1) is 20.2. The SMILES string of the molecule is COc1cc(CN[C@@H](C)c2ccccc2)cc(Cl)c1OCc1ccc(F)cc1. The van der Waals surface area contributed by atoms with E-state index in [-0.39, 0.29) is 18.5 Å². The van der Waals surface area contributed by atoms with Crippen LogP contribution in [-0.2, 0) is 13.2 Å². The highest BCUT2D eigenvalue weighted by Gasteiger charge is 2.13. The zero-order valence-electron chi connectivity index (χ0n) is 15.9. The van der Waals surface area contributed by atoms with Gasteiger partial charge in [-0.2, -0.15) is 0 Å². The molecule has 0 aliphatic rings. The van der Waals surface area contributed by atoms with E-state index in [1.807, 2.05) is 30.3 Å². The van der Waals surface area contributed by atoms with E-state index in [1.165, 1.54) is 17.7 Å². The number of ether oxygens (including phenoxy) is 2. The van der Waals surface area contributed by atoms with Crippen molar-refractivity contribution in [3.8, 4) is 11.5 Å². The fraction of sp³-hybridized carbons (Fsp3) is 0.217. The van der Waals surface area contributed by atoms with Crippen LogP contribution in [0.1, 0.15) is 29.7 Å². The van der Waals surface area contributed by atoms with Crippen molar-refractivity contribution in [1.29, 1.82) is 0 Å². The summed E-state index contributed by atoms with van der Waals surface area (Å²) in [5.74, 6) is 0.771. The molecular formula is C23H23ClFNO2. The molecule has 5 heteroatoms. The first-order valence-electron chi connectivity index (χ1n) is 9.09. The summed E-state index contributed by atoms with van der Waals surface area (Å²) in [7, 11) is 1.58. The van der Waals surface area contributed by atoms with E-state index >= 15 is 0 Å². The van der Waals surface area contributed by atoms with Crippen LogP contribution in [0.4, 0.5) is 4.39 Å². The van der Waals surface area contributed by atoms with Gasteiger partial charge in [0.2, 0.25) is 0 Å². The molecule has 0 unspecified atom stereocenters. The molecule has 0 amide bonds. The van der Waals surface area contributed by atoms with Gasteiger partial charge in [0.25, 0.3) is 0 Å². The van der Waals surface area contributed by atoms with Gasteiger partial charge < -0.3 is 14.8 Å². The Bertz CT molecular complexity index is 900. The summed E-state index contributed by atoms with van der Waals surface area (Å²) in [6.07, 6.45) is 0. The van der Waals surface area contributed by atoms with E-state index in [1.54, 1.807) is 19.2 Å². The highest BCUT2D eigenvalue weighted by Crippen LogP contribution is 2.37. The van der Waals surface area contributed by atoms with Gasteiger partial charge in [-0.05, 0) is 47.9 Å². The van der Waals surface area contributed by atoms with E-state index in [0.29, 0.717) is 23.1 Å². The van der Waals surface area contributed by atoms with Crippen LogP contribution in [0.3, 0.4) is 0 Å². The third-order valence-corrected chi connectivity index (χ3v) is 4.78. The number of hydrogen-bond donors (Lipinski definition) is 1. The van der Waals surface area contributed by atoms with Crippen molar-refractivity contribution < 1.29 is 13.9 Å². The summed E-state index contributed by atoms with van der Waals surface area (Å²) < 4.78 is 24.3. The van der Waals surface area contributed by atoms with Gasteiger partial charge in [0.05, 0.1) is 12.1 Å². The molecule has 3 rings (SSSR count). The van der Waals surface area contributed by atoms with E-state index < -0.39 is 0 Å². The molecule has 0 radical (unpaired) electrons. The summed E-state index contributed by atoms with van der Waals surface area (Å²) in [5, 5.41) is 3.96. The van der Waals surface area contributed by atoms with Crippen molar-refractivity contribution in [3.05, 3.63) is 94.3 Å². The lowest BCUT2D eigenvalue weighted by Crippen LogP contribution is -2.18. The Morgan fingerprint density at radius 3 is 2.39 bits per heavy atom. The normalized spacial score (nSPS) is 11.9. The second kappa shape index (κ2) is 9.58. The molecule has 0 aromatic heterocycles. The predicted molar refractivity (Wildman–Crippen MR) is 110 cm³/mol. The Hall–Kier alpha value is -2.56. The number of halogens is 2. The fourth-order valence-electron chi connectivity index (χ4n) is 2.88. The standard InChI is InChI=1S/C23H23ClFNO2/c1-16(19-6-4-3-5-7-19)26-14-18-12-21(24)23(22(13-18)27-2)28-15-17-8-10-20(25)11-9-17/h3-13,16,26H,14-15H2,1-2H3/t16-/m0/s1. The zero-order valence-corrected chi connectivity index (χ0v) is 16.7. The molecule has 1 N–H and O–H groups in total. The molecule has 0 aliphatic carbocycles. The van der Waals surface area contributed by atoms with Crippen LogP contribution in [0, 0.1) is 5.82 Å². The third-order valence-electron chi connectivity index (χ3n) is 4.50. The lowest BCUT2D eigenvalue weighted by Gasteiger charge is -2.17. The molecule has 0 saturated heterocycles. The van der Waals surface area contributed by atoms with Crippen molar-refractivity contribution in [2.75, 3.05) is 7.11 Å².